The minimum atomic E-state index is -0.902. The molecule has 6 rings (SSSR count). The molecule has 5 unspecified atom stereocenters. The summed E-state index contributed by atoms with van der Waals surface area (Å²) in [5.41, 5.74) is 1.35. The Kier molecular flexibility index (Phi) is 4.53. The molecular weight excluding hydrogens is 412 g/mol. The minimum Gasteiger partial charge on any atom is -0.339 e. The maximum absolute atomic E-state index is 13.5. The molecule has 4 heteroatoms. The van der Waals surface area contributed by atoms with Crippen molar-refractivity contribution in [3.05, 3.63) is 47.5 Å². The number of benzene rings is 1. The summed E-state index contributed by atoms with van der Waals surface area (Å²) in [5.74, 6) is 1.04. The molecule has 4 fully saturated rings. The standard InChI is InChI=1S/C29H36O4/c1-18(30)29-25(32-28(4,33-29)19-8-6-5-7-9-19)17-24-22-11-10-20-16-21(31)12-14-26(20,2)23(22)13-15-27(24,29)3/h5-9,16,22-25H,10-15,17H2,1-4H3/t22?,23?,24?,25?,26-,27-,28?,29+/m0/s1. The second-order valence-corrected chi connectivity index (χ2v) is 12.0. The fourth-order valence-electron chi connectivity index (χ4n) is 9.02. The van der Waals surface area contributed by atoms with E-state index >= 15 is 0 Å². The van der Waals surface area contributed by atoms with Crippen LogP contribution in [0.5, 0.6) is 0 Å². The smallest absolute Gasteiger partial charge is 0.193 e. The zero-order valence-electron chi connectivity index (χ0n) is 20.4. The first-order valence-corrected chi connectivity index (χ1v) is 12.8. The first-order valence-electron chi connectivity index (χ1n) is 12.8. The Hall–Kier alpha value is -1.78. The van der Waals surface area contributed by atoms with E-state index in [1.165, 1.54) is 5.57 Å². The van der Waals surface area contributed by atoms with E-state index in [0.29, 0.717) is 30.0 Å². The lowest BCUT2D eigenvalue weighted by Gasteiger charge is -2.59. The van der Waals surface area contributed by atoms with E-state index in [9.17, 15) is 9.59 Å². The molecule has 0 N–H and O–H groups in total. The zero-order valence-corrected chi connectivity index (χ0v) is 20.4. The fourth-order valence-corrected chi connectivity index (χ4v) is 9.02. The molecule has 1 aromatic rings. The van der Waals surface area contributed by atoms with Crippen molar-refractivity contribution in [3.8, 4) is 0 Å². The summed E-state index contributed by atoms with van der Waals surface area (Å²) in [6.07, 6.45) is 8.46. The van der Waals surface area contributed by atoms with Gasteiger partial charge in [0.25, 0.3) is 0 Å². The SMILES string of the molecule is CC(=O)[C@@]12OC(C)(c3ccccc3)OC1CC1C3CCC4=CC(=O)CC[C@]4(C)C3CC[C@@]12C. The summed E-state index contributed by atoms with van der Waals surface area (Å²) in [4.78, 5) is 25.6. The van der Waals surface area contributed by atoms with Gasteiger partial charge in [0.05, 0.1) is 6.10 Å². The lowest BCUT2D eigenvalue weighted by atomic mass is 9.46. The lowest BCUT2D eigenvalue weighted by Crippen LogP contribution is -2.59. The van der Waals surface area contributed by atoms with Gasteiger partial charge in [0.15, 0.2) is 23.0 Å². The van der Waals surface area contributed by atoms with E-state index in [2.05, 4.69) is 13.8 Å². The molecule has 8 atom stereocenters. The van der Waals surface area contributed by atoms with Crippen LogP contribution < -0.4 is 0 Å². The third-order valence-electron chi connectivity index (χ3n) is 10.7. The van der Waals surface area contributed by atoms with Gasteiger partial charge in [0.1, 0.15) is 0 Å². The van der Waals surface area contributed by atoms with Gasteiger partial charge in [-0.1, -0.05) is 49.8 Å². The van der Waals surface area contributed by atoms with Crippen LogP contribution in [0, 0.1) is 28.6 Å². The van der Waals surface area contributed by atoms with Crippen molar-refractivity contribution in [2.24, 2.45) is 28.6 Å². The minimum absolute atomic E-state index is 0.112. The van der Waals surface area contributed by atoms with E-state index < -0.39 is 11.4 Å². The Labute approximate surface area is 197 Å². The molecule has 1 aliphatic heterocycles. The Morgan fingerprint density at radius 2 is 1.76 bits per heavy atom. The Balaban J connectivity index is 1.38. The van der Waals surface area contributed by atoms with Crippen LogP contribution in [0.4, 0.5) is 0 Å². The molecule has 0 radical (unpaired) electrons. The van der Waals surface area contributed by atoms with Gasteiger partial charge in [0.2, 0.25) is 0 Å². The third kappa shape index (κ3) is 2.65. The van der Waals surface area contributed by atoms with Gasteiger partial charge in [-0.2, -0.15) is 0 Å². The molecule has 4 nitrogen and oxygen atoms in total. The number of allylic oxidation sites excluding steroid dienone is 1. The molecule has 4 aliphatic carbocycles. The highest BCUT2D eigenvalue weighted by molar-refractivity contribution is 5.91. The van der Waals surface area contributed by atoms with Crippen LogP contribution in [0.2, 0.25) is 0 Å². The fraction of sp³-hybridized carbons (Fsp3) is 0.655. The number of hydrogen-bond acceptors (Lipinski definition) is 4. The lowest BCUT2D eigenvalue weighted by molar-refractivity contribution is -0.227. The molecule has 0 spiro atoms. The quantitative estimate of drug-likeness (QED) is 0.579. The van der Waals surface area contributed by atoms with Crippen molar-refractivity contribution in [3.63, 3.8) is 0 Å². The van der Waals surface area contributed by atoms with Crippen molar-refractivity contribution in [2.75, 3.05) is 0 Å². The maximum atomic E-state index is 13.5. The van der Waals surface area contributed by atoms with Gasteiger partial charge in [-0.25, -0.2) is 0 Å². The predicted octanol–water partition coefficient (Wildman–Crippen LogP) is 5.74. The number of rotatable bonds is 2. The van der Waals surface area contributed by atoms with Gasteiger partial charge in [-0.15, -0.1) is 0 Å². The molecule has 0 amide bonds. The summed E-state index contributed by atoms with van der Waals surface area (Å²) >= 11 is 0. The largest absolute Gasteiger partial charge is 0.339 e. The number of carbonyl (C=O) groups is 2. The Morgan fingerprint density at radius 1 is 1.00 bits per heavy atom. The Bertz CT molecular complexity index is 1040. The average molecular weight is 449 g/mol. The van der Waals surface area contributed by atoms with Gasteiger partial charge in [-0.05, 0) is 81.6 Å². The van der Waals surface area contributed by atoms with Crippen LogP contribution in [0.3, 0.4) is 0 Å². The first kappa shape index (κ1) is 21.7. The van der Waals surface area contributed by atoms with E-state index in [-0.39, 0.29) is 22.7 Å². The van der Waals surface area contributed by atoms with E-state index in [1.807, 2.05) is 43.3 Å². The normalized spacial score (nSPS) is 48.4. The number of carbonyl (C=O) groups excluding carboxylic acids is 2. The topological polar surface area (TPSA) is 52.6 Å². The molecule has 3 saturated carbocycles. The zero-order chi connectivity index (χ0) is 23.2. The van der Waals surface area contributed by atoms with Crippen LogP contribution in [0.25, 0.3) is 0 Å². The second-order valence-electron chi connectivity index (χ2n) is 12.0. The van der Waals surface area contributed by atoms with E-state index in [1.54, 1.807) is 6.92 Å². The van der Waals surface area contributed by atoms with Gasteiger partial charge >= 0.3 is 0 Å². The van der Waals surface area contributed by atoms with E-state index in [4.69, 9.17) is 9.47 Å². The average Bonchev–Trinajstić information content (AvgIpc) is 3.23. The predicted molar refractivity (Wildman–Crippen MR) is 125 cm³/mol. The van der Waals surface area contributed by atoms with Crippen LogP contribution in [-0.2, 0) is 24.8 Å². The van der Waals surface area contributed by atoms with E-state index in [0.717, 1.165) is 44.1 Å². The van der Waals surface area contributed by atoms with Gasteiger partial charge < -0.3 is 9.47 Å². The summed E-state index contributed by atoms with van der Waals surface area (Å²) in [6, 6.07) is 10.1. The van der Waals surface area contributed by atoms with Crippen LogP contribution >= 0.6 is 0 Å². The highest BCUT2D eigenvalue weighted by atomic mass is 16.8. The Morgan fingerprint density at radius 3 is 2.48 bits per heavy atom. The van der Waals surface area contributed by atoms with Crippen molar-refractivity contribution < 1.29 is 19.1 Å². The van der Waals surface area contributed by atoms with Gasteiger partial charge in [-0.3, -0.25) is 9.59 Å². The molecule has 176 valence electrons. The van der Waals surface area contributed by atoms with Gasteiger partial charge in [0, 0.05) is 17.4 Å². The molecule has 1 saturated heterocycles. The van der Waals surface area contributed by atoms with Crippen molar-refractivity contribution in [1.29, 1.82) is 0 Å². The molecule has 5 aliphatic rings. The summed E-state index contributed by atoms with van der Waals surface area (Å²) in [5, 5.41) is 0. The van der Waals surface area contributed by atoms with Crippen LogP contribution in [-0.4, -0.2) is 23.3 Å². The van der Waals surface area contributed by atoms with Crippen molar-refractivity contribution in [1.82, 2.24) is 0 Å². The molecule has 0 aromatic heterocycles. The maximum Gasteiger partial charge on any atom is 0.193 e. The molecule has 33 heavy (non-hydrogen) atoms. The molecular formula is C29H36O4. The second kappa shape index (κ2) is 6.88. The monoisotopic (exact) mass is 448 g/mol. The highest BCUT2D eigenvalue weighted by Crippen LogP contribution is 2.71. The molecule has 1 heterocycles. The first-order chi connectivity index (χ1) is 15.6. The van der Waals surface area contributed by atoms with Crippen LogP contribution in [0.1, 0.15) is 78.2 Å². The molecule has 0 bridgehead atoms. The highest BCUT2D eigenvalue weighted by Gasteiger charge is 2.75. The number of Topliss-reactive ketones (excluding diaryl/α,β-unsaturated/α-hetero) is 1. The van der Waals surface area contributed by atoms with Crippen molar-refractivity contribution in [2.45, 2.75) is 90.1 Å². The molecule has 1 aromatic carbocycles. The number of ether oxygens (including phenoxy) is 2. The summed E-state index contributed by atoms with van der Waals surface area (Å²) in [6.45, 7) is 8.41. The summed E-state index contributed by atoms with van der Waals surface area (Å²) in [7, 11) is 0. The third-order valence-corrected chi connectivity index (χ3v) is 10.7. The van der Waals surface area contributed by atoms with Crippen molar-refractivity contribution >= 4 is 11.6 Å². The summed E-state index contributed by atoms with van der Waals surface area (Å²) < 4.78 is 13.6. The van der Waals surface area contributed by atoms with Crippen LogP contribution in [0.15, 0.2) is 42.0 Å². The number of fused-ring (bicyclic) bond motifs is 7. The number of hydrogen-bond donors (Lipinski definition) is 0. The number of ketones is 2.